The molecule has 96 valence electrons. The van der Waals surface area contributed by atoms with Crippen LogP contribution in [0.25, 0.3) is 0 Å². The number of hydrogen-bond donors (Lipinski definition) is 1. The maximum absolute atomic E-state index is 5.50. The lowest BCUT2D eigenvalue weighted by Crippen LogP contribution is -2.28. The zero-order valence-electron chi connectivity index (χ0n) is 11.1. The van der Waals surface area contributed by atoms with Crippen LogP contribution in [0.4, 0.5) is 0 Å². The molecule has 1 aromatic heterocycles. The zero-order chi connectivity index (χ0) is 12.3. The minimum atomic E-state index is 0.366. The van der Waals surface area contributed by atoms with Gasteiger partial charge in [0.2, 0.25) is 0 Å². The Balaban J connectivity index is 2.25. The average molecular weight is 237 g/mol. The second-order valence-corrected chi connectivity index (χ2v) is 4.62. The average Bonchev–Trinajstić information content (AvgIpc) is 2.99. The summed E-state index contributed by atoms with van der Waals surface area (Å²) in [5.74, 6) is 0.576. The van der Waals surface area contributed by atoms with Gasteiger partial charge < -0.3 is 10.1 Å². The smallest absolute Gasteiger partial charge is 0.0625 e. The summed E-state index contributed by atoms with van der Waals surface area (Å²) in [5.41, 5.74) is 2.49. The number of aryl methyl sites for hydroxylation is 2. The molecule has 2 rings (SSSR count). The number of nitrogens with zero attached hydrogens (tertiary/aromatic N) is 2. The van der Waals surface area contributed by atoms with Crippen molar-refractivity contribution in [1.29, 1.82) is 0 Å². The third-order valence-electron chi connectivity index (χ3n) is 3.59. The van der Waals surface area contributed by atoms with E-state index in [2.05, 4.69) is 35.0 Å². The van der Waals surface area contributed by atoms with Crippen molar-refractivity contribution in [2.75, 3.05) is 20.3 Å². The Labute approximate surface area is 103 Å². The summed E-state index contributed by atoms with van der Waals surface area (Å²) in [7, 11) is 2.03. The van der Waals surface area contributed by atoms with Crippen LogP contribution in [-0.2, 0) is 17.7 Å². The van der Waals surface area contributed by atoms with Crippen LogP contribution in [0, 0.1) is 5.92 Å². The Kier molecular flexibility index (Phi) is 4.18. The molecule has 4 heteroatoms. The van der Waals surface area contributed by atoms with E-state index >= 15 is 0 Å². The topological polar surface area (TPSA) is 39.1 Å². The Morgan fingerprint density at radius 1 is 1.59 bits per heavy atom. The lowest BCUT2D eigenvalue weighted by molar-refractivity contribution is 0.176. The van der Waals surface area contributed by atoms with Crippen molar-refractivity contribution < 1.29 is 4.74 Å². The van der Waals surface area contributed by atoms with Crippen LogP contribution in [0.15, 0.2) is 6.07 Å². The van der Waals surface area contributed by atoms with Gasteiger partial charge in [-0.1, -0.05) is 6.92 Å². The van der Waals surface area contributed by atoms with Crippen molar-refractivity contribution in [3.05, 3.63) is 17.5 Å². The molecule has 0 amide bonds. The number of ether oxygens (including phenoxy) is 1. The van der Waals surface area contributed by atoms with Gasteiger partial charge in [-0.2, -0.15) is 5.10 Å². The Morgan fingerprint density at radius 3 is 2.94 bits per heavy atom. The second-order valence-electron chi connectivity index (χ2n) is 4.62. The monoisotopic (exact) mass is 237 g/mol. The van der Waals surface area contributed by atoms with Crippen molar-refractivity contribution >= 4 is 0 Å². The molecule has 0 bridgehead atoms. The van der Waals surface area contributed by atoms with Gasteiger partial charge in [-0.15, -0.1) is 0 Å². The maximum atomic E-state index is 5.50. The fourth-order valence-electron chi connectivity index (χ4n) is 2.60. The van der Waals surface area contributed by atoms with Crippen molar-refractivity contribution in [2.24, 2.45) is 5.92 Å². The summed E-state index contributed by atoms with van der Waals surface area (Å²) in [4.78, 5) is 0. The summed E-state index contributed by atoms with van der Waals surface area (Å²) < 4.78 is 7.62. The highest BCUT2D eigenvalue weighted by Gasteiger charge is 2.28. The van der Waals surface area contributed by atoms with Gasteiger partial charge >= 0.3 is 0 Å². The normalized spacial score (nSPS) is 21.9. The van der Waals surface area contributed by atoms with Gasteiger partial charge in [0.25, 0.3) is 0 Å². The molecule has 1 aliphatic heterocycles. The molecule has 1 aliphatic rings. The standard InChI is InChI=1S/C13H23N3O/c1-4-11-8-12(16(5-2)15-11)13(14-3)10-6-7-17-9-10/h8,10,13-14H,4-7,9H2,1-3H3. The van der Waals surface area contributed by atoms with Crippen LogP contribution in [0.2, 0.25) is 0 Å². The highest BCUT2D eigenvalue weighted by molar-refractivity contribution is 5.16. The molecular formula is C13H23N3O. The molecule has 0 aromatic carbocycles. The first kappa shape index (κ1) is 12.6. The summed E-state index contributed by atoms with van der Waals surface area (Å²) in [6.45, 7) is 6.99. The molecule has 4 nitrogen and oxygen atoms in total. The van der Waals surface area contributed by atoms with Crippen LogP contribution in [0.3, 0.4) is 0 Å². The van der Waals surface area contributed by atoms with Crippen molar-refractivity contribution in [3.8, 4) is 0 Å². The van der Waals surface area contributed by atoms with Gasteiger partial charge in [-0.25, -0.2) is 0 Å². The van der Waals surface area contributed by atoms with E-state index in [0.29, 0.717) is 12.0 Å². The van der Waals surface area contributed by atoms with E-state index in [9.17, 15) is 0 Å². The highest BCUT2D eigenvalue weighted by atomic mass is 16.5. The first-order valence-electron chi connectivity index (χ1n) is 6.61. The molecule has 1 saturated heterocycles. The predicted octanol–water partition coefficient (Wildman–Crippen LogP) is 1.76. The molecule has 1 aromatic rings. The van der Waals surface area contributed by atoms with E-state index in [4.69, 9.17) is 4.74 Å². The summed E-state index contributed by atoms with van der Waals surface area (Å²) >= 11 is 0. The minimum absolute atomic E-state index is 0.366. The van der Waals surface area contributed by atoms with Crippen molar-refractivity contribution in [1.82, 2.24) is 15.1 Å². The predicted molar refractivity (Wildman–Crippen MR) is 68.0 cm³/mol. The molecule has 1 fully saturated rings. The molecule has 0 saturated carbocycles. The Morgan fingerprint density at radius 2 is 2.41 bits per heavy atom. The van der Waals surface area contributed by atoms with Gasteiger partial charge in [0.1, 0.15) is 0 Å². The van der Waals surface area contributed by atoms with Crippen molar-refractivity contribution in [3.63, 3.8) is 0 Å². The second kappa shape index (κ2) is 5.65. The molecule has 0 spiro atoms. The van der Waals surface area contributed by atoms with E-state index in [1.165, 1.54) is 11.4 Å². The van der Waals surface area contributed by atoms with Crippen LogP contribution in [-0.4, -0.2) is 30.0 Å². The van der Waals surface area contributed by atoms with Crippen LogP contribution < -0.4 is 5.32 Å². The first-order chi connectivity index (χ1) is 8.30. The lowest BCUT2D eigenvalue weighted by Gasteiger charge is -2.22. The molecule has 2 heterocycles. The summed E-state index contributed by atoms with van der Waals surface area (Å²) in [6, 6.07) is 2.61. The van der Waals surface area contributed by atoms with E-state index in [1.807, 2.05) is 7.05 Å². The third-order valence-corrected chi connectivity index (χ3v) is 3.59. The molecule has 17 heavy (non-hydrogen) atoms. The van der Waals surface area contributed by atoms with Gasteiger partial charge in [0.05, 0.1) is 24.0 Å². The summed E-state index contributed by atoms with van der Waals surface area (Å²) in [5, 5.41) is 8.05. The molecule has 0 aliphatic carbocycles. The lowest BCUT2D eigenvalue weighted by atomic mass is 9.96. The molecule has 2 atom stereocenters. The van der Waals surface area contributed by atoms with Crippen molar-refractivity contribution in [2.45, 2.75) is 39.3 Å². The van der Waals surface area contributed by atoms with Crippen LogP contribution in [0.5, 0.6) is 0 Å². The van der Waals surface area contributed by atoms with Gasteiger partial charge in [0, 0.05) is 19.1 Å². The molecule has 1 N–H and O–H groups in total. The van der Waals surface area contributed by atoms with Crippen LogP contribution in [0.1, 0.15) is 37.7 Å². The van der Waals surface area contributed by atoms with Crippen LogP contribution >= 0.6 is 0 Å². The summed E-state index contributed by atoms with van der Waals surface area (Å²) in [6.07, 6.45) is 2.14. The minimum Gasteiger partial charge on any atom is -0.381 e. The fraction of sp³-hybridized carbons (Fsp3) is 0.769. The SMILES string of the molecule is CCc1cc(C(NC)C2CCOC2)n(CC)n1. The largest absolute Gasteiger partial charge is 0.381 e. The van der Waals surface area contributed by atoms with Gasteiger partial charge in [0.15, 0.2) is 0 Å². The van der Waals surface area contributed by atoms with E-state index in [1.54, 1.807) is 0 Å². The third kappa shape index (κ3) is 2.53. The van der Waals surface area contributed by atoms with Gasteiger partial charge in [-0.05, 0) is 32.9 Å². The number of nitrogens with one attached hydrogen (secondary N) is 1. The van der Waals surface area contributed by atoms with Gasteiger partial charge in [-0.3, -0.25) is 4.68 Å². The molecular weight excluding hydrogens is 214 g/mol. The van der Waals surface area contributed by atoms with E-state index < -0.39 is 0 Å². The number of hydrogen-bond acceptors (Lipinski definition) is 3. The maximum Gasteiger partial charge on any atom is 0.0625 e. The first-order valence-corrected chi connectivity index (χ1v) is 6.61. The molecule has 0 radical (unpaired) electrons. The quantitative estimate of drug-likeness (QED) is 0.848. The zero-order valence-corrected chi connectivity index (χ0v) is 11.1. The Bertz CT molecular complexity index is 356. The highest BCUT2D eigenvalue weighted by Crippen LogP contribution is 2.29. The molecule has 2 unspecified atom stereocenters. The van der Waals surface area contributed by atoms with E-state index in [-0.39, 0.29) is 0 Å². The Hall–Kier alpha value is -0.870. The number of rotatable bonds is 5. The van der Waals surface area contributed by atoms with E-state index in [0.717, 1.165) is 32.6 Å². The number of aromatic nitrogens is 2. The fourth-order valence-corrected chi connectivity index (χ4v) is 2.60.